The van der Waals surface area contributed by atoms with Crippen LogP contribution in [0.3, 0.4) is 0 Å². The van der Waals surface area contributed by atoms with Crippen LogP contribution < -0.4 is 5.32 Å². The summed E-state index contributed by atoms with van der Waals surface area (Å²) in [6, 6.07) is 6.21. The standard InChI is InChI=1S/C11H10FN3O/c12-10-4-2-1-3-8(10)5-11(16)15-9-6-13-14-7-9/h1-4,6-7H,5H2,(H,13,14)(H,15,16). The average molecular weight is 219 g/mol. The molecule has 82 valence electrons. The van der Waals surface area contributed by atoms with Gasteiger partial charge in [0.25, 0.3) is 0 Å². The summed E-state index contributed by atoms with van der Waals surface area (Å²) in [5.74, 6) is -0.642. The highest BCUT2D eigenvalue weighted by Crippen LogP contribution is 2.08. The number of anilines is 1. The van der Waals surface area contributed by atoms with E-state index < -0.39 is 0 Å². The van der Waals surface area contributed by atoms with E-state index in [1.165, 1.54) is 12.3 Å². The molecular formula is C11H10FN3O. The first-order valence-corrected chi connectivity index (χ1v) is 4.78. The molecule has 1 heterocycles. The molecule has 0 atom stereocenters. The maximum atomic E-state index is 13.2. The first-order chi connectivity index (χ1) is 7.75. The van der Waals surface area contributed by atoms with E-state index in [-0.39, 0.29) is 18.1 Å². The zero-order valence-corrected chi connectivity index (χ0v) is 8.40. The topological polar surface area (TPSA) is 57.8 Å². The van der Waals surface area contributed by atoms with Crippen molar-refractivity contribution in [2.24, 2.45) is 0 Å². The van der Waals surface area contributed by atoms with Gasteiger partial charge in [-0.3, -0.25) is 9.89 Å². The van der Waals surface area contributed by atoms with Crippen molar-refractivity contribution in [1.29, 1.82) is 0 Å². The van der Waals surface area contributed by atoms with Crippen LogP contribution in [0.5, 0.6) is 0 Å². The molecule has 2 N–H and O–H groups in total. The van der Waals surface area contributed by atoms with Gasteiger partial charge in [-0.25, -0.2) is 4.39 Å². The summed E-state index contributed by atoms with van der Waals surface area (Å²) in [6.07, 6.45) is 3.05. The smallest absolute Gasteiger partial charge is 0.228 e. The maximum Gasteiger partial charge on any atom is 0.228 e. The Morgan fingerprint density at radius 2 is 2.25 bits per heavy atom. The predicted molar refractivity (Wildman–Crippen MR) is 57.3 cm³/mol. The van der Waals surface area contributed by atoms with Crippen LogP contribution in [0.2, 0.25) is 0 Å². The third-order valence-electron chi connectivity index (χ3n) is 2.09. The summed E-state index contributed by atoms with van der Waals surface area (Å²) in [5.41, 5.74) is 0.949. The number of carbonyl (C=O) groups excluding carboxylic acids is 1. The molecule has 0 spiro atoms. The highest BCUT2D eigenvalue weighted by molar-refractivity contribution is 5.91. The van der Waals surface area contributed by atoms with Crippen molar-refractivity contribution in [3.63, 3.8) is 0 Å². The monoisotopic (exact) mass is 219 g/mol. The minimum Gasteiger partial charge on any atom is -0.323 e. The first kappa shape index (κ1) is 10.4. The lowest BCUT2D eigenvalue weighted by Gasteiger charge is -2.03. The number of hydrogen-bond donors (Lipinski definition) is 2. The van der Waals surface area contributed by atoms with Crippen LogP contribution >= 0.6 is 0 Å². The van der Waals surface area contributed by atoms with Crippen LogP contribution in [0.1, 0.15) is 5.56 Å². The van der Waals surface area contributed by atoms with E-state index in [4.69, 9.17) is 0 Å². The molecule has 2 aromatic rings. The lowest BCUT2D eigenvalue weighted by Crippen LogP contribution is -2.14. The quantitative estimate of drug-likeness (QED) is 0.825. The molecule has 0 fully saturated rings. The van der Waals surface area contributed by atoms with E-state index in [9.17, 15) is 9.18 Å². The van der Waals surface area contributed by atoms with Gasteiger partial charge in [0.15, 0.2) is 0 Å². The summed E-state index contributed by atoms with van der Waals surface area (Å²) in [5, 5.41) is 8.86. The highest BCUT2D eigenvalue weighted by Gasteiger charge is 2.07. The fraction of sp³-hybridized carbons (Fsp3) is 0.0909. The van der Waals surface area contributed by atoms with E-state index in [1.54, 1.807) is 24.4 Å². The SMILES string of the molecule is O=C(Cc1ccccc1F)Nc1cn[nH]c1. The van der Waals surface area contributed by atoms with E-state index in [1.807, 2.05) is 0 Å². The van der Waals surface area contributed by atoms with E-state index in [0.717, 1.165) is 0 Å². The van der Waals surface area contributed by atoms with Gasteiger partial charge in [0, 0.05) is 6.20 Å². The van der Waals surface area contributed by atoms with Crippen LogP contribution in [0.25, 0.3) is 0 Å². The van der Waals surface area contributed by atoms with Crippen molar-refractivity contribution in [3.05, 3.63) is 48.0 Å². The molecule has 0 unspecified atom stereocenters. The van der Waals surface area contributed by atoms with Gasteiger partial charge in [-0.15, -0.1) is 0 Å². The lowest BCUT2D eigenvalue weighted by atomic mass is 10.1. The number of hydrogen-bond acceptors (Lipinski definition) is 2. The van der Waals surface area contributed by atoms with Gasteiger partial charge in [-0.05, 0) is 11.6 Å². The molecule has 0 aliphatic carbocycles. The molecule has 1 aromatic carbocycles. The Labute approximate surface area is 91.5 Å². The number of halogens is 1. The number of nitrogens with zero attached hydrogens (tertiary/aromatic N) is 1. The molecule has 0 radical (unpaired) electrons. The Balaban J connectivity index is 2.00. The molecule has 2 rings (SSSR count). The van der Waals surface area contributed by atoms with Crippen molar-refractivity contribution in [3.8, 4) is 0 Å². The number of nitrogens with one attached hydrogen (secondary N) is 2. The van der Waals surface area contributed by atoms with Crippen LogP contribution in [0.15, 0.2) is 36.7 Å². The van der Waals surface area contributed by atoms with Gasteiger partial charge in [0.1, 0.15) is 5.82 Å². The number of H-pyrrole nitrogens is 1. The van der Waals surface area contributed by atoms with Gasteiger partial charge in [0.05, 0.1) is 18.3 Å². The Kier molecular flexibility index (Phi) is 2.95. The third-order valence-corrected chi connectivity index (χ3v) is 2.09. The lowest BCUT2D eigenvalue weighted by molar-refractivity contribution is -0.115. The Hall–Kier alpha value is -2.17. The van der Waals surface area contributed by atoms with Crippen molar-refractivity contribution in [2.75, 3.05) is 5.32 Å². The average Bonchev–Trinajstić information content (AvgIpc) is 2.74. The second-order valence-corrected chi connectivity index (χ2v) is 3.30. The van der Waals surface area contributed by atoms with Crippen LogP contribution in [0, 0.1) is 5.82 Å². The summed E-state index contributed by atoms with van der Waals surface area (Å²) < 4.78 is 13.2. The zero-order chi connectivity index (χ0) is 11.4. The molecule has 16 heavy (non-hydrogen) atoms. The number of aromatic nitrogens is 2. The predicted octanol–water partition coefficient (Wildman–Crippen LogP) is 1.73. The van der Waals surface area contributed by atoms with E-state index in [2.05, 4.69) is 15.5 Å². The number of rotatable bonds is 3. The van der Waals surface area contributed by atoms with E-state index >= 15 is 0 Å². The number of carbonyl (C=O) groups is 1. The molecule has 0 aliphatic rings. The van der Waals surface area contributed by atoms with Gasteiger partial charge in [0.2, 0.25) is 5.91 Å². The largest absolute Gasteiger partial charge is 0.323 e. The third kappa shape index (κ3) is 2.44. The fourth-order valence-electron chi connectivity index (χ4n) is 1.34. The van der Waals surface area contributed by atoms with Gasteiger partial charge in [-0.1, -0.05) is 18.2 Å². The number of benzene rings is 1. The van der Waals surface area contributed by atoms with Crippen molar-refractivity contribution < 1.29 is 9.18 Å². The van der Waals surface area contributed by atoms with Gasteiger partial charge >= 0.3 is 0 Å². The van der Waals surface area contributed by atoms with Crippen LogP contribution in [-0.2, 0) is 11.2 Å². The van der Waals surface area contributed by atoms with Crippen molar-refractivity contribution in [1.82, 2.24) is 10.2 Å². The zero-order valence-electron chi connectivity index (χ0n) is 8.40. The minimum atomic E-state index is -0.371. The normalized spacial score (nSPS) is 10.1. The van der Waals surface area contributed by atoms with Gasteiger partial charge < -0.3 is 5.32 Å². The highest BCUT2D eigenvalue weighted by atomic mass is 19.1. The van der Waals surface area contributed by atoms with Crippen LogP contribution in [0.4, 0.5) is 10.1 Å². The molecule has 1 amide bonds. The second-order valence-electron chi connectivity index (χ2n) is 3.30. The second kappa shape index (κ2) is 4.57. The Morgan fingerprint density at radius 3 is 2.94 bits per heavy atom. The number of aromatic amines is 1. The molecule has 4 nitrogen and oxygen atoms in total. The summed E-state index contributed by atoms with van der Waals surface area (Å²) >= 11 is 0. The Morgan fingerprint density at radius 1 is 1.44 bits per heavy atom. The van der Waals surface area contributed by atoms with Crippen molar-refractivity contribution in [2.45, 2.75) is 6.42 Å². The number of amides is 1. The molecule has 1 aromatic heterocycles. The molecule has 0 saturated heterocycles. The van der Waals surface area contributed by atoms with E-state index in [0.29, 0.717) is 11.3 Å². The minimum absolute atomic E-state index is 0.0118. The maximum absolute atomic E-state index is 13.2. The van der Waals surface area contributed by atoms with Gasteiger partial charge in [-0.2, -0.15) is 5.10 Å². The molecule has 0 bridgehead atoms. The Bertz CT molecular complexity index is 482. The first-order valence-electron chi connectivity index (χ1n) is 4.78. The summed E-state index contributed by atoms with van der Waals surface area (Å²) in [6.45, 7) is 0. The fourth-order valence-corrected chi connectivity index (χ4v) is 1.34. The van der Waals surface area contributed by atoms with Crippen molar-refractivity contribution >= 4 is 11.6 Å². The summed E-state index contributed by atoms with van der Waals surface area (Å²) in [4.78, 5) is 11.5. The molecule has 0 aliphatic heterocycles. The molecular weight excluding hydrogens is 209 g/mol. The molecule has 5 heteroatoms. The van der Waals surface area contributed by atoms with Crippen LogP contribution in [-0.4, -0.2) is 16.1 Å². The summed E-state index contributed by atoms with van der Waals surface area (Å²) in [7, 11) is 0. The molecule has 0 saturated carbocycles.